The number of hydrogen-bond donors (Lipinski definition) is 3. The number of rotatable bonds is 6. The predicted octanol–water partition coefficient (Wildman–Crippen LogP) is 4.04. The molecule has 9 nitrogen and oxygen atoms in total. The average molecular weight is 594 g/mol. The van der Waals surface area contributed by atoms with Gasteiger partial charge in [0.15, 0.2) is 0 Å². The van der Waals surface area contributed by atoms with Crippen LogP contribution in [0.5, 0.6) is 5.75 Å². The molecule has 188 valence electrons. The Labute approximate surface area is 218 Å². The molecule has 0 bridgehead atoms. The number of benzene rings is 2. The maximum Gasteiger partial charge on any atom is 0.434 e. The summed E-state index contributed by atoms with van der Waals surface area (Å²) in [4.78, 5) is 11.2. The van der Waals surface area contributed by atoms with E-state index >= 15 is 0 Å². The number of halogens is 3. The fourth-order valence-corrected chi connectivity index (χ4v) is 6.14. The standard InChI is InChI=1S/C22H22BrClFN3O6S/c1-10-12(23)4-6-14(25)16(10)11(2)18(20-26-27-21(29)34-20)28-35(31,32)15-7-5-13(24)17-19(15)33-9-8-22(17,3)30/h4-7,11,18,28,30H,8-9H2,1-3H3,(H,27,29)/t11-,18+,22?/m1/s1/i3D3. The highest BCUT2D eigenvalue weighted by atomic mass is 79.9. The molecule has 13 heteroatoms. The number of sulfonamides is 1. The van der Waals surface area contributed by atoms with Crippen molar-refractivity contribution in [2.75, 3.05) is 6.61 Å². The van der Waals surface area contributed by atoms with Crippen LogP contribution in [0.1, 0.15) is 58.8 Å². The average Bonchev–Trinajstić information content (AvgIpc) is 3.25. The van der Waals surface area contributed by atoms with Gasteiger partial charge in [0.25, 0.3) is 0 Å². The largest absolute Gasteiger partial charge is 0.492 e. The summed E-state index contributed by atoms with van der Waals surface area (Å²) in [5, 5.41) is 16.7. The van der Waals surface area contributed by atoms with Gasteiger partial charge < -0.3 is 14.3 Å². The molecular formula is C22H22BrClFN3O6S. The monoisotopic (exact) mass is 592 g/mol. The number of nitrogens with one attached hydrogen (secondary N) is 2. The number of aliphatic hydroxyl groups is 1. The van der Waals surface area contributed by atoms with Gasteiger partial charge in [-0.2, -0.15) is 4.72 Å². The van der Waals surface area contributed by atoms with Crippen molar-refractivity contribution in [2.45, 2.75) is 49.6 Å². The topological polar surface area (TPSA) is 135 Å². The Kier molecular flexibility index (Phi) is 5.86. The van der Waals surface area contributed by atoms with Crippen LogP contribution < -0.4 is 15.2 Å². The van der Waals surface area contributed by atoms with E-state index in [4.69, 9.17) is 24.9 Å². The quantitative estimate of drug-likeness (QED) is 0.393. The van der Waals surface area contributed by atoms with Crippen molar-refractivity contribution in [2.24, 2.45) is 0 Å². The van der Waals surface area contributed by atoms with Crippen LogP contribution in [0, 0.1) is 12.7 Å². The molecule has 1 aromatic heterocycles. The number of fused-ring (bicyclic) bond motifs is 1. The minimum absolute atomic E-state index is 0.129. The molecule has 4 rings (SSSR count). The molecule has 3 N–H and O–H groups in total. The lowest BCUT2D eigenvalue weighted by Crippen LogP contribution is -2.35. The summed E-state index contributed by atoms with van der Waals surface area (Å²) in [6.07, 6.45) is -0.354. The zero-order chi connectivity index (χ0) is 28.2. The molecule has 2 aromatic carbocycles. The van der Waals surface area contributed by atoms with Crippen molar-refractivity contribution in [3.05, 3.63) is 72.7 Å². The molecule has 2 heterocycles. The van der Waals surface area contributed by atoms with Gasteiger partial charge in [-0.15, -0.1) is 5.10 Å². The fourth-order valence-electron chi connectivity index (χ4n) is 4.07. The van der Waals surface area contributed by atoms with Crippen LogP contribution >= 0.6 is 27.5 Å². The number of nitrogens with zero attached hydrogens (tertiary/aromatic N) is 1. The Morgan fingerprint density at radius 1 is 1.40 bits per heavy atom. The first-order valence-electron chi connectivity index (χ1n) is 11.8. The van der Waals surface area contributed by atoms with Crippen LogP contribution in [-0.4, -0.2) is 30.3 Å². The number of aromatic amines is 1. The SMILES string of the molecule is [2H]C([2H])([2H])C1(O)CCOc2c(S(=O)(=O)N[C@H](c3n[nH]c(=O)o3)[C@H](C)c3c(F)ccc(Br)c3C)ccc(Cl)c21. The molecule has 0 radical (unpaired) electrons. The van der Waals surface area contributed by atoms with Crippen molar-refractivity contribution in [1.82, 2.24) is 14.9 Å². The molecule has 1 unspecified atom stereocenters. The van der Waals surface area contributed by atoms with Crippen molar-refractivity contribution < 1.29 is 31.2 Å². The molecule has 1 aliphatic rings. The Morgan fingerprint density at radius 3 is 2.80 bits per heavy atom. The second-order valence-electron chi connectivity index (χ2n) is 8.12. The van der Waals surface area contributed by atoms with Crippen LogP contribution in [0.25, 0.3) is 0 Å². The Morgan fingerprint density at radius 2 is 2.14 bits per heavy atom. The second kappa shape index (κ2) is 9.32. The number of aromatic nitrogens is 2. The molecule has 35 heavy (non-hydrogen) atoms. The van der Waals surface area contributed by atoms with Crippen molar-refractivity contribution in [3.8, 4) is 5.75 Å². The van der Waals surface area contributed by atoms with Crippen LogP contribution in [0.15, 0.2) is 42.8 Å². The lowest BCUT2D eigenvalue weighted by molar-refractivity contribution is 0.0135. The van der Waals surface area contributed by atoms with Crippen LogP contribution in [0.2, 0.25) is 5.02 Å². The summed E-state index contributed by atoms with van der Waals surface area (Å²) < 4.78 is 79.4. The lowest BCUT2D eigenvalue weighted by atomic mass is 9.90. The summed E-state index contributed by atoms with van der Waals surface area (Å²) in [5.41, 5.74) is -2.25. The van der Waals surface area contributed by atoms with Crippen molar-refractivity contribution >= 4 is 37.6 Å². The minimum atomic E-state index is -4.62. The van der Waals surface area contributed by atoms with Gasteiger partial charge in [0.2, 0.25) is 15.9 Å². The zero-order valence-electron chi connectivity index (χ0n) is 21.4. The van der Waals surface area contributed by atoms with Crippen LogP contribution in [0.3, 0.4) is 0 Å². The van der Waals surface area contributed by atoms with Gasteiger partial charge in [0.1, 0.15) is 22.5 Å². The molecular weight excluding hydrogens is 569 g/mol. The molecule has 0 amide bonds. The van der Waals surface area contributed by atoms with Gasteiger partial charge in [-0.1, -0.05) is 34.5 Å². The lowest BCUT2D eigenvalue weighted by Gasteiger charge is -2.33. The number of ether oxygens (including phenoxy) is 1. The smallest absolute Gasteiger partial charge is 0.434 e. The van der Waals surface area contributed by atoms with E-state index in [0.29, 0.717) is 10.0 Å². The van der Waals surface area contributed by atoms with E-state index < -0.39 is 62.2 Å². The van der Waals surface area contributed by atoms with Crippen LogP contribution in [-0.2, 0) is 15.6 Å². The van der Waals surface area contributed by atoms with E-state index in [0.717, 1.165) is 12.1 Å². The van der Waals surface area contributed by atoms with Crippen molar-refractivity contribution in [1.29, 1.82) is 0 Å². The fraction of sp³-hybridized carbons (Fsp3) is 0.364. The van der Waals surface area contributed by atoms with Gasteiger partial charge in [0.05, 0.1) is 17.2 Å². The minimum Gasteiger partial charge on any atom is -0.492 e. The first-order valence-corrected chi connectivity index (χ1v) is 12.9. The highest BCUT2D eigenvalue weighted by molar-refractivity contribution is 9.10. The zero-order valence-corrected chi connectivity index (χ0v) is 21.5. The van der Waals surface area contributed by atoms with Gasteiger partial charge in [-0.25, -0.2) is 22.7 Å². The number of H-pyrrole nitrogens is 1. The summed E-state index contributed by atoms with van der Waals surface area (Å²) in [7, 11) is -4.62. The molecule has 3 atom stereocenters. The molecule has 1 aliphatic heterocycles. The maximum absolute atomic E-state index is 15.0. The summed E-state index contributed by atoms with van der Waals surface area (Å²) in [6.45, 7) is -0.108. The van der Waals surface area contributed by atoms with Gasteiger partial charge in [-0.05, 0) is 49.2 Å². The second-order valence-corrected chi connectivity index (χ2v) is 11.1. The predicted molar refractivity (Wildman–Crippen MR) is 129 cm³/mol. The Balaban J connectivity index is 1.86. The highest BCUT2D eigenvalue weighted by Crippen LogP contribution is 2.45. The first kappa shape index (κ1) is 22.0. The van der Waals surface area contributed by atoms with Gasteiger partial charge >= 0.3 is 5.76 Å². The first-order chi connectivity index (χ1) is 17.6. The molecule has 0 saturated carbocycles. The van der Waals surface area contributed by atoms with E-state index in [1.54, 1.807) is 6.92 Å². The molecule has 3 aromatic rings. The molecule has 0 spiro atoms. The van der Waals surface area contributed by atoms with Gasteiger partial charge in [0, 0.05) is 26.5 Å². The van der Waals surface area contributed by atoms with Gasteiger partial charge in [-0.3, -0.25) is 0 Å². The molecule has 0 fully saturated rings. The highest BCUT2D eigenvalue weighted by Gasteiger charge is 2.39. The number of hydrogen-bond acceptors (Lipinski definition) is 7. The normalized spacial score (nSPS) is 21.3. The molecule has 0 saturated heterocycles. The Bertz CT molecular complexity index is 1560. The maximum atomic E-state index is 15.0. The van der Waals surface area contributed by atoms with E-state index in [1.807, 2.05) is 0 Å². The summed E-state index contributed by atoms with van der Waals surface area (Å²) in [6, 6.07) is 3.51. The van der Waals surface area contributed by atoms with Crippen LogP contribution in [0.4, 0.5) is 4.39 Å². The summed E-state index contributed by atoms with van der Waals surface area (Å²) in [5.74, 6) is -3.35. The third-order valence-electron chi connectivity index (χ3n) is 5.84. The molecule has 0 aliphatic carbocycles. The third kappa shape index (κ3) is 4.77. The van der Waals surface area contributed by atoms with E-state index in [-0.39, 0.29) is 29.5 Å². The van der Waals surface area contributed by atoms with Crippen molar-refractivity contribution in [3.63, 3.8) is 0 Å². The summed E-state index contributed by atoms with van der Waals surface area (Å²) >= 11 is 9.56. The van der Waals surface area contributed by atoms with E-state index in [2.05, 4.69) is 30.8 Å². The third-order valence-corrected chi connectivity index (χ3v) is 8.48. The van der Waals surface area contributed by atoms with E-state index in [1.165, 1.54) is 19.1 Å². The van der Waals surface area contributed by atoms with E-state index in [9.17, 15) is 22.7 Å². The Hall–Kier alpha value is -2.25.